The fraction of sp³-hybridized carbons (Fsp3) is 0.333. The van der Waals surface area contributed by atoms with E-state index in [9.17, 15) is 4.79 Å². The average Bonchev–Trinajstić information content (AvgIpc) is 2.58. The summed E-state index contributed by atoms with van der Waals surface area (Å²) in [5, 5.41) is 1.03. The molecule has 0 radical (unpaired) electrons. The SMILES string of the molecule is CC(C)(C)C(=O)c1cc2ccncc2[nH]1. The molecular formula is C12H14N2O. The van der Waals surface area contributed by atoms with E-state index < -0.39 is 0 Å². The smallest absolute Gasteiger partial charge is 0.184 e. The van der Waals surface area contributed by atoms with Crippen LogP contribution >= 0.6 is 0 Å². The van der Waals surface area contributed by atoms with Gasteiger partial charge in [0.15, 0.2) is 5.78 Å². The standard InChI is InChI=1S/C12H14N2O/c1-12(2,3)11(15)9-6-8-4-5-13-7-10(8)14-9/h4-7,14H,1-3H3. The van der Waals surface area contributed by atoms with Gasteiger partial charge in [-0.3, -0.25) is 9.78 Å². The van der Waals surface area contributed by atoms with Gasteiger partial charge in [0.2, 0.25) is 0 Å². The maximum atomic E-state index is 12.0. The summed E-state index contributed by atoms with van der Waals surface area (Å²) in [6, 6.07) is 3.77. The molecule has 0 spiro atoms. The van der Waals surface area contributed by atoms with Crippen LogP contribution in [-0.4, -0.2) is 15.8 Å². The van der Waals surface area contributed by atoms with Crippen LogP contribution in [0, 0.1) is 5.41 Å². The van der Waals surface area contributed by atoms with Gasteiger partial charge in [-0.15, -0.1) is 0 Å². The van der Waals surface area contributed by atoms with Crippen molar-refractivity contribution < 1.29 is 4.79 Å². The normalized spacial score (nSPS) is 11.9. The van der Waals surface area contributed by atoms with Crippen molar-refractivity contribution in [2.75, 3.05) is 0 Å². The summed E-state index contributed by atoms with van der Waals surface area (Å²) in [5.41, 5.74) is 1.21. The molecule has 0 fully saturated rings. The zero-order chi connectivity index (χ0) is 11.1. The van der Waals surface area contributed by atoms with E-state index in [1.54, 1.807) is 12.4 Å². The Hall–Kier alpha value is -1.64. The zero-order valence-corrected chi connectivity index (χ0v) is 9.16. The van der Waals surface area contributed by atoms with Crippen molar-refractivity contribution in [3.05, 3.63) is 30.2 Å². The number of hydrogen-bond donors (Lipinski definition) is 1. The predicted octanol–water partition coefficient (Wildman–Crippen LogP) is 2.79. The maximum absolute atomic E-state index is 12.0. The quantitative estimate of drug-likeness (QED) is 0.723. The van der Waals surface area contributed by atoms with Crippen LogP contribution in [-0.2, 0) is 0 Å². The molecule has 2 heterocycles. The molecular weight excluding hydrogens is 188 g/mol. The van der Waals surface area contributed by atoms with Gasteiger partial charge in [-0.1, -0.05) is 20.8 Å². The highest BCUT2D eigenvalue weighted by atomic mass is 16.1. The third kappa shape index (κ3) is 1.77. The highest BCUT2D eigenvalue weighted by Gasteiger charge is 2.24. The summed E-state index contributed by atoms with van der Waals surface area (Å²) in [7, 11) is 0. The molecule has 0 saturated carbocycles. The van der Waals surface area contributed by atoms with Crippen LogP contribution in [0.5, 0.6) is 0 Å². The van der Waals surface area contributed by atoms with E-state index in [1.807, 2.05) is 32.9 Å². The molecule has 1 N–H and O–H groups in total. The summed E-state index contributed by atoms with van der Waals surface area (Å²) < 4.78 is 0. The average molecular weight is 202 g/mol. The van der Waals surface area contributed by atoms with E-state index in [0.717, 1.165) is 10.9 Å². The first-order valence-electron chi connectivity index (χ1n) is 4.96. The Morgan fingerprint density at radius 3 is 2.73 bits per heavy atom. The largest absolute Gasteiger partial charge is 0.351 e. The van der Waals surface area contributed by atoms with Gasteiger partial charge >= 0.3 is 0 Å². The van der Waals surface area contributed by atoms with E-state index in [2.05, 4.69) is 9.97 Å². The number of carbonyl (C=O) groups is 1. The summed E-state index contributed by atoms with van der Waals surface area (Å²) in [6.45, 7) is 5.75. The van der Waals surface area contributed by atoms with Crippen molar-refractivity contribution in [1.29, 1.82) is 0 Å². The van der Waals surface area contributed by atoms with Crippen molar-refractivity contribution >= 4 is 16.7 Å². The minimum Gasteiger partial charge on any atom is -0.351 e. The maximum Gasteiger partial charge on any atom is 0.184 e. The number of nitrogens with one attached hydrogen (secondary N) is 1. The molecule has 0 atom stereocenters. The molecule has 15 heavy (non-hydrogen) atoms. The molecule has 0 amide bonds. The minimum absolute atomic E-state index is 0.124. The lowest BCUT2D eigenvalue weighted by Crippen LogP contribution is -2.20. The number of H-pyrrole nitrogens is 1. The second-order valence-corrected chi connectivity index (χ2v) is 4.73. The van der Waals surface area contributed by atoms with E-state index in [1.165, 1.54) is 0 Å². The minimum atomic E-state index is -0.353. The van der Waals surface area contributed by atoms with Crippen molar-refractivity contribution in [2.45, 2.75) is 20.8 Å². The van der Waals surface area contributed by atoms with E-state index in [-0.39, 0.29) is 11.2 Å². The van der Waals surface area contributed by atoms with Crippen molar-refractivity contribution in [2.24, 2.45) is 5.41 Å². The number of carbonyl (C=O) groups excluding carboxylic acids is 1. The monoisotopic (exact) mass is 202 g/mol. The second kappa shape index (κ2) is 3.19. The topological polar surface area (TPSA) is 45.8 Å². The fourth-order valence-corrected chi connectivity index (χ4v) is 1.50. The van der Waals surface area contributed by atoms with Crippen molar-refractivity contribution in [3.8, 4) is 0 Å². The van der Waals surface area contributed by atoms with Gasteiger partial charge in [-0.25, -0.2) is 0 Å². The number of fused-ring (bicyclic) bond motifs is 1. The number of ketones is 1. The Bertz CT molecular complexity index is 473. The number of rotatable bonds is 1. The first-order valence-corrected chi connectivity index (χ1v) is 4.96. The number of nitrogens with zero attached hydrogens (tertiary/aromatic N) is 1. The Morgan fingerprint density at radius 2 is 2.13 bits per heavy atom. The molecule has 0 aliphatic rings. The van der Waals surface area contributed by atoms with E-state index in [0.29, 0.717) is 5.69 Å². The molecule has 3 nitrogen and oxygen atoms in total. The highest BCUT2D eigenvalue weighted by molar-refractivity contribution is 6.02. The molecule has 3 heteroatoms. The first-order chi connectivity index (χ1) is 6.98. The number of Topliss-reactive ketones (excluding diaryl/α,β-unsaturated/α-hetero) is 1. The highest BCUT2D eigenvalue weighted by Crippen LogP contribution is 2.22. The fourth-order valence-electron chi connectivity index (χ4n) is 1.50. The van der Waals surface area contributed by atoms with Crippen LogP contribution in [0.2, 0.25) is 0 Å². The summed E-state index contributed by atoms with van der Waals surface area (Å²) in [6.07, 6.45) is 3.45. The predicted molar refractivity (Wildman–Crippen MR) is 59.9 cm³/mol. The van der Waals surface area contributed by atoms with E-state index in [4.69, 9.17) is 0 Å². The van der Waals surface area contributed by atoms with Gasteiger partial charge in [0, 0.05) is 17.0 Å². The molecule has 0 aliphatic heterocycles. The lowest BCUT2D eigenvalue weighted by molar-refractivity contribution is 0.0854. The van der Waals surface area contributed by atoms with Crippen LogP contribution < -0.4 is 0 Å². The molecule has 78 valence electrons. The van der Waals surface area contributed by atoms with Crippen LogP contribution in [0.1, 0.15) is 31.3 Å². The van der Waals surface area contributed by atoms with Gasteiger partial charge in [0.1, 0.15) is 0 Å². The van der Waals surface area contributed by atoms with Crippen LogP contribution in [0.4, 0.5) is 0 Å². The molecule has 0 unspecified atom stereocenters. The van der Waals surface area contributed by atoms with Gasteiger partial charge in [-0.05, 0) is 12.1 Å². The van der Waals surface area contributed by atoms with Gasteiger partial charge in [0.05, 0.1) is 17.4 Å². The Balaban J connectivity index is 2.50. The Labute approximate surface area is 88.5 Å². The van der Waals surface area contributed by atoms with E-state index >= 15 is 0 Å². The Morgan fingerprint density at radius 1 is 1.40 bits per heavy atom. The lowest BCUT2D eigenvalue weighted by Gasteiger charge is -2.14. The first kappa shape index (κ1) is 9.90. The van der Waals surface area contributed by atoms with Crippen molar-refractivity contribution in [3.63, 3.8) is 0 Å². The number of hydrogen-bond acceptors (Lipinski definition) is 2. The molecule has 2 aromatic rings. The number of pyridine rings is 1. The Kier molecular flexibility index (Phi) is 2.11. The summed E-state index contributed by atoms with van der Waals surface area (Å²) >= 11 is 0. The van der Waals surface area contributed by atoms with Gasteiger partial charge in [0.25, 0.3) is 0 Å². The van der Waals surface area contributed by atoms with Gasteiger partial charge < -0.3 is 4.98 Å². The number of aromatic amines is 1. The number of aromatic nitrogens is 2. The molecule has 0 aliphatic carbocycles. The molecule has 0 saturated heterocycles. The van der Waals surface area contributed by atoms with Crippen LogP contribution in [0.3, 0.4) is 0 Å². The van der Waals surface area contributed by atoms with Crippen molar-refractivity contribution in [1.82, 2.24) is 9.97 Å². The summed E-state index contributed by atoms with van der Waals surface area (Å²) in [4.78, 5) is 19.1. The third-order valence-electron chi connectivity index (χ3n) is 2.35. The van der Waals surface area contributed by atoms with Crippen LogP contribution in [0.25, 0.3) is 10.9 Å². The second-order valence-electron chi connectivity index (χ2n) is 4.73. The van der Waals surface area contributed by atoms with Gasteiger partial charge in [-0.2, -0.15) is 0 Å². The third-order valence-corrected chi connectivity index (χ3v) is 2.35. The molecule has 2 rings (SSSR count). The molecule has 0 aromatic carbocycles. The zero-order valence-electron chi connectivity index (χ0n) is 9.16. The summed E-state index contributed by atoms with van der Waals surface area (Å²) in [5.74, 6) is 0.124. The molecule has 0 bridgehead atoms. The van der Waals surface area contributed by atoms with Crippen LogP contribution in [0.15, 0.2) is 24.5 Å². The molecule has 2 aromatic heterocycles. The lowest BCUT2D eigenvalue weighted by atomic mass is 9.89.